The zero-order valence-electron chi connectivity index (χ0n) is 21.1. The largest absolute Gasteiger partial charge is 0.481 e. The lowest BCUT2D eigenvalue weighted by Crippen LogP contribution is -2.14. The molecule has 0 aromatic carbocycles. The van der Waals surface area contributed by atoms with Crippen LogP contribution in [0.3, 0.4) is 0 Å². The summed E-state index contributed by atoms with van der Waals surface area (Å²) in [7, 11) is 0. The number of rotatable bonds is 19. The van der Waals surface area contributed by atoms with Crippen molar-refractivity contribution in [2.75, 3.05) is 0 Å². The molecular formula is C25H44O9. The summed E-state index contributed by atoms with van der Waals surface area (Å²) in [6, 6.07) is 0. The first-order valence-corrected chi connectivity index (χ1v) is 12.4. The molecular weight excluding hydrogens is 444 g/mol. The van der Waals surface area contributed by atoms with Crippen molar-refractivity contribution in [2.45, 2.75) is 117 Å². The van der Waals surface area contributed by atoms with Gasteiger partial charge in [0.1, 0.15) is 0 Å². The second-order valence-corrected chi connectivity index (χ2v) is 8.82. The zero-order chi connectivity index (χ0) is 26.4. The molecule has 0 aromatic heterocycles. The Balaban J connectivity index is 0. The van der Waals surface area contributed by atoms with Gasteiger partial charge in [0.05, 0.1) is 31.6 Å². The molecule has 198 valence electrons. The minimum absolute atomic E-state index is 0.169. The van der Waals surface area contributed by atoms with Gasteiger partial charge in [0.2, 0.25) is 0 Å². The van der Waals surface area contributed by atoms with Crippen LogP contribution in [-0.4, -0.2) is 45.2 Å². The molecule has 9 heteroatoms. The van der Waals surface area contributed by atoms with E-state index in [0.29, 0.717) is 0 Å². The molecule has 2 unspecified atom stereocenters. The number of hydrogen-bond donors (Lipinski definition) is 3. The van der Waals surface area contributed by atoms with Crippen molar-refractivity contribution in [3.8, 4) is 0 Å². The van der Waals surface area contributed by atoms with E-state index in [0.717, 1.165) is 18.8 Å². The summed E-state index contributed by atoms with van der Waals surface area (Å²) in [5.74, 6) is -4.23. The Morgan fingerprint density at radius 3 is 1.41 bits per heavy atom. The maximum atomic E-state index is 10.7. The minimum atomic E-state index is -1.18. The molecule has 0 radical (unpaired) electrons. The third-order valence-electron chi connectivity index (χ3n) is 5.37. The number of ether oxygens (including phenoxy) is 1. The number of carboxylic acid groups (broad SMARTS) is 3. The smallest absolute Gasteiger partial charge is 0.314 e. The summed E-state index contributed by atoms with van der Waals surface area (Å²) < 4.78 is 4.15. The van der Waals surface area contributed by atoms with Crippen molar-refractivity contribution >= 4 is 29.8 Å². The third kappa shape index (κ3) is 25.8. The predicted molar refractivity (Wildman–Crippen MR) is 127 cm³/mol. The predicted octanol–water partition coefficient (Wildman–Crippen LogP) is 5.44. The molecule has 34 heavy (non-hydrogen) atoms. The average molecular weight is 489 g/mol. The van der Waals surface area contributed by atoms with Crippen LogP contribution in [0.25, 0.3) is 0 Å². The van der Waals surface area contributed by atoms with Gasteiger partial charge in [-0.05, 0) is 12.3 Å². The maximum absolute atomic E-state index is 10.7. The molecule has 3 N–H and O–H groups in total. The van der Waals surface area contributed by atoms with Gasteiger partial charge in [0.25, 0.3) is 0 Å². The highest BCUT2D eigenvalue weighted by Crippen LogP contribution is 2.18. The second kappa shape index (κ2) is 22.3. The lowest BCUT2D eigenvalue weighted by Gasteiger charge is -2.11. The van der Waals surface area contributed by atoms with Gasteiger partial charge in [-0.3, -0.25) is 24.0 Å². The van der Waals surface area contributed by atoms with Crippen LogP contribution in [0.15, 0.2) is 0 Å². The van der Waals surface area contributed by atoms with E-state index >= 15 is 0 Å². The van der Waals surface area contributed by atoms with Crippen LogP contribution in [-0.2, 0) is 28.7 Å². The maximum Gasteiger partial charge on any atom is 0.314 e. The Morgan fingerprint density at radius 1 is 0.618 bits per heavy atom. The van der Waals surface area contributed by atoms with Crippen molar-refractivity contribution < 1.29 is 44.0 Å². The Labute approximate surface area is 203 Å². The van der Waals surface area contributed by atoms with Gasteiger partial charge in [0, 0.05) is 0 Å². The first kappa shape index (κ1) is 33.7. The number of hydrogen-bond acceptors (Lipinski definition) is 6. The van der Waals surface area contributed by atoms with Crippen molar-refractivity contribution in [1.29, 1.82) is 0 Å². The van der Waals surface area contributed by atoms with Crippen LogP contribution in [0.2, 0.25) is 0 Å². The lowest BCUT2D eigenvalue weighted by atomic mass is 9.95. The first-order valence-electron chi connectivity index (χ1n) is 12.4. The molecule has 0 rings (SSSR count). The van der Waals surface area contributed by atoms with Gasteiger partial charge in [-0.15, -0.1) is 0 Å². The van der Waals surface area contributed by atoms with Crippen LogP contribution in [0.4, 0.5) is 0 Å². The van der Waals surface area contributed by atoms with Gasteiger partial charge in [-0.1, -0.05) is 85.0 Å². The SMILES string of the molecule is CCCCCCC(C)CCCCCCC(C)C(=O)O.O=C(O)CCC(=O)OC(=O)CCC(=O)O. The monoisotopic (exact) mass is 488 g/mol. The quantitative estimate of drug-likeness (QED) is 0.122. The summed E-state index contributed by atoms with van der Waals surface area (Å²) in [6.07, 6.45) is 12.2. The second-order valence-electron chi connectivity index (χ2n) is 8.82. The van der Waals surface area contributed by atoms with Gasteiger partial charge in [0.15, 0.2) is 0 Å². The van der Waals surface area contributed by atoms with E-state index in [1.807, 2.05) is 0 Å². The molecule has 0 aliphatic heterocycles. The summed E-state index contributed by atoms with van der Waals surface area (Å²) in [4.78, 5) is 52.2. The first-order chi connectivity index (χ1) is 16.0. The van der Waals surface area contributed by atoms with E-state index in [-0.39, 0.29) is 5.92 Å². The lowest BCUT2D eigenvalue weighted by molar-refractivity contribution is -0.162. The van der Waals surface area contributed by atoms with Crippen molar-refractivity contribution in [2.24, 2.45) is 11.8 Å². The molecule has 0 spiro atoms. The topological polar surface area (TPSA) is 155 Å². The Bertz CT molecular complexity index is 573. The zero-order valence-corrected chi connectivity index (χ0v) is 21.1. The fourth-order valence-electron chi connectivity index (χ4n) is 3.13. The van der Waals surface area contributed by atoms with Crippen molar-refractivity contribution in [1.82, 2.24) is 0 Å². The minimum Gasteiger partial charge on any atom is -0.481 e. The Kier molecular flexibility index (Phi) is 22.2. The van der Waals surface area contributed by atoms with Crippen molar-refractivity contribution in [3.63, 3.8) is 0 Å². The summed E-state index contributed by atoms with van der Waals surface area (Å²) >= 11 is 0. The standard InChI is InChI=1S/C17H34O2.C8H10O7/c1-4-5-6-9-12-15(2)13-10-7-8-11-14-16(3)17(18)19;9-5(10)1-3-7(13)15-8(14)4-2-6(11)12/h15-16H,4-14H2,1-3H3,(H,18,19);1-4H2,(H,9,10)(H,11,12). The van der Waals surface area contributed by atoms with Gasteiger partial charge in [-0.2, -0.15) is 0 Å². The molecule has 0 amide bonds. The molecule has 0 aliphatic carbocycles. The summed E-state index contributed by atoms with van der Waals surface area (Å²) in [5.41, 5.74) is 0. The number of carbonyl (C=O) groups excluding carboxylic acids is 2. The number of carbonyl (C=O) groups is 5. The molecule has 0 saturated heterocycles. The van der Waals surface area contributed by atoms with Crippen LogP contribution < -0.4 is 0 Å². The van der Waals surface area contributed by atoms with Crippen LogP contribution in [0.5, 0.6) is 0 Å². The van der Waals surface area contributed by atoms with Gasteiger partial charge in [-0.25, -0.2) is 0 Å². The summed E-state index contributed by atoms with van der Waals surface area (Å²) in [5, 5.41) is 25.2. The normalized spacial score (nSPS) is 12.1. The highest BCUT2D eigenvalue weighted by Gasteiger charge is 2.13. The highest BCUT2D eigenvalue weighted by atomic mass is 16.6. The molecule has 0 bridgehead atoms. The average Bonchev–Trinajstić information content (AvgIpc) is 2.76. The molecule has 0 saturated carbocycles. The van der Waals surface area contributed by atoms with Gasteiger partial charge < -0.3 is 20.1 Å². The highest BCUT2D eigenvalue weighted by molar-refractivity contribution is 5.88. The molecule has 0 fully saturated rings. The van der Waals surface area contributed by atoms with Crippen LogP contribution >= 0.6 is 0 Å². The number of esters is 2. The number of carboxylic acids is 3. The van der Waals surface area contributed by atoms with E-state index in [4.69, 9.17) is 15.3 Å². The van der Waals surface area contributed by atoms with Crippen LogP contribution in [0, 0.1) is 11.8 Å². The van der Waals surface area contributed by atoms with Crippen molar-refractivity contribution in [3.05, 3.63) is 0 Å². The number of unbranched alkanes of at least 4 members (excludes halogenated alkanes) is 6. The van der Waals surface area contributed by atoms with E-state index in [1.165, 1.54) is 57.8 Å². The Morgan fingerprint density at radius 2 is 1.03 bits per heavy atom. The fraction of sp³-hybridized carbons (Fsp3) is 0.800. The summed E-state index contributed by atoms with van der Waals surface area (Å²) in [6.45, 7) is 6.44. The van der Waals surface area contributed by atoms with E-state index < -0.39 is 55.5 Å². The van der Waals surface area contributed by atoms with E-state index in [1.54, 1.807) is 6.92 Å². The van der Waals surface area contributed by atoms with Crippen LogP contribution in [0.1, 0.15) is 117 Å². The molecule has 0 aromatic rings. The fourth-order valence-corrected chi connectivity index (χ4v) is 3.13. The Hall–Kier alpha value is -2.45. The third-order valence-corrected chi connectivity index (χ3v) is 5.37. The van der Waals surface area contributed by atoms with E-state index in [2.05, 4.69) is 18.6 Å². The molecule has 2 atom stereocenters. The van der Waals surface area contributed by atoms with Gasteiger partial charge >= 0.3 is 29.8 Å². The molecule has 0 aliphatic rings. The molecule has 0 heterocycles. The molecule has 9 nitrogen and oxygen atoms in total. The van der Waals surface area contributed by atoms with E-state index in [9.17, 15) is 24.0 Å². The number of aliphatic carboxylic acids is 3.